The Labute approximate surface area is 62.7 Å². The Morgan fingerprint density at radius 2 is 2.27 bits per heavy atom. The summed E-state index contributed by atoms with van der Waals surface area (Å²) in [6.45, 7) is 0. The molecule has 4 nitrogen and oxygen atoms in total. The number of nitrogens with one attached hydrogen (secondary N) is 1. The first-order valence-electron chi connectivity index (χ1n) is 3.03. The number of H-pyrrole nitrogens is 1. The van der Waals surface area contributed by atoms with Crippen molar-refractivity contribution in [1.29, 1.82) is 0 Å². The number of hydrogen-bond acceptors (Lipinski definition) is 3. The van der Waals surface area contributed by atoms with Crippen molar-refractivity contribution in [1.82, 2.24) is 9.97 Å². The van der Waals surface area contributed by atoms with E-state index in [0.29, 0.717) is 0 Å². The van der Waals surface area contributed by atoms with Gasteiger partial charge in [0, 0.05) is 14.1 Å². The average Bonchev–Trinajstić information content (AvgIpc) is 1.94. The molecule has 1 N–H and O–H groups in total. The van der Waals surface area contributed by atoms with Gasteiger partial charge in [0.05, 0.1) is 6.20 Å². The molecular formula is C6H8FN3O. The van der Waals surface area contributed by atoms with Gasteiger partial charge >= 0.3 is 5.69 Å². The van der Waals surface area contributed by atoms with E-state index in [1.54, 1.807) is 14.1 Å². The summed E-state index contributed by atoms with van der Waals surface area (Å²) < 4.78 is 12.7. The highest BCUT2D eigenvalue weighted by Gasteiger charge is 2.03. The van der Waals surface area contributed by atoms with Crippen LogP contribution in [0, 0.1) is 5.82 Å². The fourth-order valence-corrected chi connectivity index (χ4v) is 0.695. The summed E-state index contributed by atoms with van der Waals surface area (Å²) in [7, 11) is 3.27. The molecule has 60 valence electrons. The average molecular weight is 157 g/mol. The summed E-state index contributed by atoms with van der Waals surface area (Å²) in [5, 5.41) is 0. The van der Waals surface area contributed by atoms with Crippen LogP contribution in [-0.2, 0) is 0 Å². The van der Waals surface area contributed by atoms with E-state index in [1.807, 2.05) is 0 Å². The van der Waals surface area contributed by atoms with E-state index in [2.05, 4.69) is 9.97 Å². The highest BCUT2D eigenvalue weighted by Crippen LogP contribution is 2.07. The second-order valence-corrected chi connectivity index (χ2v) is 2.28. The quantitative estimate of drug-likeness (QED) is 0.623. The van der Waals surface area contributed by atoms with E-state index >= 15 is 0 Å². The van der Waals surface area contributed by atoms with Crippen molar-refractivity contribution in [2.24, 2.45) is 0 Å². The first kappa shape index (κ1) is 7.71. The monoisotopic (exact) mass is 157 g/mol. The number of hydrogen-bond donors (Lipinski definition) is 1. The van der Waals surface area contributed by atoms with Gasteiger partial charge in [0.2, 0.25) is 0 Å². The molecule has 5 heteroatoms. The van der Waals surface area contributed by atoms with Crippen LogP contribution in [0.5, 0.6) is 0 Å². The van der Waals surface area contributed by atoms with Crippen LogP contribution < -0.4 is 10.6 Å². The lowest BCUT2D eigenvalue weighted by Crippen LogP contribution is -2.19. The van der Waals surface area contributed by atoms with Crippen molar-refractivity contribution >= 4 is 5.82 Å². The van der Waals surface area contributed by atoms with Gasteiger partial charge in [-0.15, -0.1) is 0 Å². The summed E-state index contributed by atoms with van der Waals surface area (Å²) in [6, 6.07) is 0. The van der Waals surface area contributed by atoms with Crippen LogP contribution >= 0.6 is 0 Å². The molecule has 0 fully saturated rings. The van der Waals surface area contributed by atoms with Crippen molar-refractivity contribution in [3.8, 4) is 0 Å². The first-order chi connectivity index (χ1) is 5.11. The Bertz CT molecular complexity index is 307. The zero-order valence-corrected chi connectivity index (χ0v) is 6.26. The van der Waals surface area contributed by atoms with Gasteiger partial charge in [-0.25, -0.2) is 9.18 Å². The Kier molecular flexibility index (Phi) is 1.89. The van der Waals surface area contributed by atoms with E-state index in [4.69, 9.17) is 0 Å². The highest BCUT2D eigenvalue weighted by molar-refractivity contribution is 5.35. The predicted octanol–water partition coefficient (Wildman–Crippen LogP) is -0.0250. The molecule has 0 radical (unpaired) electrons. The van der Waals surface area contributed by atoms with Crippen LogP contribution in [0.15, 0.2) is 11.0 Å². The SMILES string of the molecule is CN(C)c1[nH]c(=O)ncc1F. The van der Waals surface area contributed by atoms with Gasteiger partial charge in [-0.2, -0.15) is 4.98 Å². The Balaban J connectivity index is 3.23. The number of anilines is 1. The molecule has 1 rings (SSSR count). The molecule has 0 atom stereocenters. The normalized spacial score (nSPS) is 9.73. The number of nitrogens with zero attached hydrogens (tertiary/aromatic N) is 2. The van der Waals surface area contributed by atoms with Gasteiger partial charge in [0.25, 0.3) is 0 Å². The van der Waals surface area contributed by atoms with E-state index in [9.17, 15) is 9.18 Å². The standard InChI is InChI=1S/C6H8FN3O/c1-10(2)5-4(7)3-8-6(11)9-5/h3H,1-2H3,(H,8,9,11). The first-order valence-corrected chi connectivity index (χ1v) is 3.03. The minimum absolute atomic E-state index is 0.144. The molecule has 0 aliphatic rings. The van der Waals surface area contributed by atoms with E-state index in [1.165, 1.54) is 4.90 Å². The summed E-state index contributed by atoms with van der Waals surface area (Å²) in [6.07, 6.45) is 0.897. The minimum Gasteiger partial charge on any atom is -0.362 e. The number of aromatic amines is 1. The third-order valence-corrected chi connectivity index (χ3v) is 1.19. The van der Waals surface area contributed by atoms with Gasteiger partial charge in [-0.1, -0.05) is 0 Å². The molecule has 0 unspecified atom stereocenters. The maximum absolute atomic E-state index is 12.7. The molecule has 0 aliphatic heterocycles. The lowest BCUT2D eigenvalue weighted by Gasteiger charge is -2.10. The molecule has 0 spiro atoms. The number of halogens is 1. The molecule has 0 aliphatic carbocycles. The van der Waals surface area contributed by atoms with Gasteiger partial charge in [-0.05, 0) is 0 Å². The lowest BCUT2D eigenvalue weighted by molar-refractivity contribution is 0.609. The van der Waals surface area contributed by atoms with Crippen molar-refractivity contribution in [2.45, 2.75) is 0 Å². The van der Waals surface area contributed by atoms with Crippen LogP contribution in [-0.4, -0.2) is 24.1 Å². The Morgan fingerprint density at radius 1 is 1.64 bits per heavy atom. The van der Waals surface area contributed by atoms with Crippen molar-refractivity contribution in [2.75, 3.05) is 19.0 Å². The molecule has 11 heavy (non-hydrogen) atoms. The molecule has 1 aromatic rings. The second kappa shape index (κ2) is 2.69. The smallest absolute Gasteiger partial charge is 0.346 e. The Morgan fingerprint density at radius 3 is 2.73 bits per heavy atom. The minimum atomic E-state index is -0.546. The molecule has 0 aromatic carbocycles. The largest absolute Gasteiger partial charge is 0.362 e. The summed E-state index contributed by atoms with van der Waals surface area (Å²) in [4.78, 5) is 17.5. The zero-order chi connectivity index (χ0) is 8.43. The van der Waals surface area contributed by atoms with Crippen molar-refractivity contribution in [3.05, 3.63) is 22.5 Å². The Hall–Kier alpha value is -1.39. The van der Waals surface area contributed by atoms with Crippen LogP contribution in [0.4, 0.5) is 10.2 Å². The molecule has 0 saturated heterocycles. The van der Waals surface area contributed by atoms with Crippen LogP contribution in [0.1, 0.15) is 0 Å². The molecule has 1 heterocycles. The summed E-state index contributed by atoms with van der Waals surface area (Å²) in [5.74, 6) is -0.389. The van der Waals surface area contributed by atoms with E-state index in [0.717, 1.165) is 6.20 Å². The van der Waals surface area contributed by atoms with Crippen LogP contribution in [0.25, 0.3) is 0 Å². The fourth-order valence-electron chi connectivity index (χ4n) is 0.695. The summed E-state index contributed by atoms with van der Waals surface area (Å²) in [5.41, 5.74) is -0.546. The van der Waals surface area contributed by atoms with Crippen LogP contribution in [0.3, 0.4) is 0 Å². The van der Waals surface area contributed by atoms with Gasteiger partial charge in [-0.3, -0.25) is 4.98 Å². The van der Waals surface area contributed by atoms with Gasteiger partial charge < -0.3 is 4.90 Å². The van der Waals surface area contributed by atoms with E-state index in [-0.39, 0.29) is 5.82 Å². The maximum atomic E-state index is 12.7. The molecule has 0 saturated carbocycles. The summed E-state index contributed by atoms with van der Waals surface area (Å²) >= 11 is 0. The maximum Gasteiger partial charge on any atom is 0.346 e. The zero-order valence-electron chi connectivity index (χ0n) is 6.26. The lowest BCUT2D eigenvalue weighted by atomic mass is 10.5. The third-order valence-electron chi connectivity index (χ3n) is 1.19. The molecule has 1 aromatic heterocycles. The van der Waals surface area contributed by atoms with Crippen molar-refractivity contribution < 1.29 is 4.39 Å². The topological polar surface area (TPSA) is 49.0 Å². The number of rotatable bonds is 1. The molecule has 0 amide bonds. The van der Waals surface area contributed by atoms with Gasteiger partial charge in [0.15, 0.2) is 5.82 Å². The second-order valence-electron chi connectivity index (χ2n) is 2.28. The fraction of sp³-hybridized carbons (Fsp3) is 0.333. The van der Waals surface area contributed by atoms with E-state index < -0.39 is 11.5 Å². The third kappa shape index (κ3) is 1.54. The highest BCUT2D eigenvalue weighted by atomic mass is 19.1. The number of aromatic nitrogens is 2. The predicted molar refractivity (Wildman–Crippen MR) is 39.1 cm³/mol. The van der Waals surface area contributed by atoms with Crippen molar-refractivity contribution in [3.63, 3.8) is 0 Å². The molecule has 0 bridgehead atoms. The van der Waals surface area contributed by atoms with Gasteiger partial charge in [0.1, 0.15) is 5.82 Å². The molecular weight excluding hydrogens is 149 g/mol. The van der Waals surface area contributed by atoms with Crippen LogP contribution in [0.2, 0.25) is 0 Å².